The molecule has 8 heteroatoms. The number of hydrogen-bond acceptors (Lipinski definition) is 5. The first-order valence-corrected chi connectivity index (χ1v) is 8.75. The fraction of sp³-hybridized carbons (Fsp3) is 0.263. The maximum atomic E-state index is 13.7. The zero-order valence-corrected chi connectivity index (χ0v) is 15.7. The van der Waals surface area contributed by atoms with E-state index in [0.717, 1.165) is 5.56 Å². The molecule has 0 saturated heterocycles. The van der Waals surface area contributed by atoms with Crippen LogP contribution in [0.15, 0.2) is 52.9 Å². The number of ether oxygens (including phenoxy) is 1. The third kappa shape index (κ3) is 4.99. The molecule has 0 fully saturated rings. The molecule has 0 aliphatic heterocycles. The van der Waals surface area contributed by atoms with Crippen LogP contribution in [0.4, 0.5) is 8.78 Å². The van der Waals surface area contributed by atoms with Crippen molar-refractivity contribution in [3.8, 4) is 5.75 Å². The minimum atomic E-state index is -0.604. The van der Waals surface area contributed by atoms with Gasteiger partial charge in [0.2, 0.25) is 0 Å². The highest BCUT2D eigenvalue weighted by molar-refractivity contribution is 7.71. The quantitative estimate of drug-likeness (QED) is 0.546. The van der Waals surface area contributed by atoms with Crippen LogP contribution >= 0.6 is 12.2 Å². The fourth-order valence-electron chi connectivity index (χ4n) is 2.54. The van der Waals surface area contributed by atoms with E-state index >= 15 is 0 Å². The van der Waals surface area contributed by atoms with Gasteiger partial charge in [0.05, 0.1) is 6.67 Å². The smallest absolute Gasteiger partial charge is 0.288 e. The number of nitrogens with zero attached hydrogens (tertiary/aromatic N) is 3. The van der Waals surface area contributed by atoms with Crippen molar-refractivity contribution >= 4 is 12.2 Å². The van der Waals surface area contributed by atoms with E-state index in [1.54, 1.807) is 31.2 Å². The van der Waals surface area contributed by atoms with E-state index < -0.39 is 11.9 Å². The predicted octanol–water partition coefficient (Wildman–Crippen LogP) is 4.71. The molecular weight excluding hydrogens is 372 g/mol. The van der Waals surface area contributed by atoms with Crippen LogP contribution in [0.25, 0.3) is 0 Å². The second-order valence-electron chi connectivity index (χ2n) is 6.18. The highest BCUT2D eigenvalue weighted by Gasteiger charge is 2.17. The van der Waals surface area contributed by atoms with Crippen LogP contribution in [-0.2, 0) is 13.2 Å². The van der Waals surface area contributed by atoms with Gasteiger partial charge < -0.3 is 9.15 Å². The van der Waals surface area contributed by atoms with Crippen molar-refractivity contribution in [1.29, 1.82) is 0 Å². The molecule has 0 aliphatic rings. The molecule has 2 aromatic carbocycles. The molecule has 1 atom stereocenters. The maximum absolute atomic E-state index is 13.7. The van der Waals surface area contributed by atoms with Crippen LogP contribution in [-0.4, -0.2) is 21.7 Å². The Bertz CT molecular complexity index is 956. The molecule has 3 aromatic rings. The van der Waals surface area contributed by atoms with E-state index in [1.165, 1.54) is 28.9 Å². The summed E-state index contributed by atoms with van der Waals surface area (Å²) in [6.07, 6.45) is -0.604. The van der Waals surface area contributed by atoms with Crippen molar-refractivity contribution in [2.24, 2.45) is 0 Å². The van der Waals surface area contributed by atoms with Crippen molar-refractivity contribution in [2.75, 3.05) is 7.05 Å². The summed E-state index contributed by atoms with van der Waals surface area (Å²) >= 11 is 5.21. The zero-order valence-electron chi connectivity index (χ0n) is 14.9. The van der Waals surface area contributed by atoms with Gasteiger partial charge in [-0.1, -0.05) is 24.3 Å². The monoisotopic (exact) mass is 391 g/mol. The highest BCUT2D eigenvalue weighted by atomic mass is 32.1. The first kappa shape index (κ1) is 19.2. The van der Waals surface area contributed by atoms with Gasteiger partial charge >= 0.3 is 0 Å². The Kier molecular flexibility index (Phi) is 5.98. The Morgan fingerprint density at radius 1 is 1.19 bits per heavy atom. The number of rotatable bonds is 7. The Morgan fingerprint density at radius 2 is 1.89 bits per heavy atom. The third-order valence-electron chi connectivity index (χ3n) is 3.85. The molecule has 0 bridgehead atoms. The van der Waals surface area contributed by atoms with E-state index in [0.29, 0.717) is 13.2 Å². The van der Waals surface area contributed by atoms with E-state index in [4.69, 9.17) is 21.4 Å². The lowest BCUT2D eigenvalue weighted by molar-refractivity contribution is 0.179. The van der Waals surface area contributed by atoms with Crippen LogP contribution in [0.3, 0.4) is 0 Å². The second kappa shape index (κ2) is 8.41. The molecule has 0 amide bonds. The molecule has 0 spiro atoms. The minimum absolute atomic E-state index is 0.120. The second-order valence-corrected chi connectivity index (χ2v) is 6.53. The zero-order chi connectivity index (χ0) is 19.4. The summed E-state index contributed by atoms with van der Waals surface area (Å²) in [6.45, 7) is 2.68. The molecule has 0 unspecified atom stereocenters. The van der Waals surface area contributed by atoms with Gasteiger partial charge in [-0.3, -0.25) is 4.90 Å². The minimum Gasteiger partial charge on any atom is -0.478 e. The fourth-order valence-corrected chi connectivity index (χ4v) is 2.72. The van der Waals surface area contributed by atoms with Gasteiger partial charge in [-0.05, 0) is 56.0 Å². The average Bonchev–Trinajstić information content (AvgIpc) is 2.99. The SMILES string of the molecule is C[C@@H](Oc1ccccc1F)c1nn(CN(C)Cc2ccc(F)cc2)c(=S)o1. The summed E-state index contributed by atoms with van der Waals surface area (Å²) in [5, 5.41) is 4.33. The van der Waals surface area contributed by atoms with E-state index in [1.807, 2.05) is 11.9 Å². The normalized spacial score (nSPS) is 12.3. The number of aromatic nitrogens is 2. The van der Waals surface area contributed by atoms with Crippen molar-refractivity contribution in [1.82, 2.24) is 14.7 Å². The van der Waals surface area contributed by atoms with Gasteiger partial charge in [-0.15, -0.1) is 5.10 Å². The molecule has 3 rings (SSSR count). The lowest BCUT2D eigenvalue weighted by atomic mass is 10.2. The molecule has 142 valence electrons. The summed E-state index contributed by atoms with van der Waals surface area (Å²) in [4.78, 5) is 2.15. The number of benzene rings is 2. The van der Waals surface area contributed by atoms with Crippen LogP contribution in [0.5, 0.6) is 5.75 Å². The van der Waals surface area contributed by atoms with Crippen LogP contribution in [0, 0.1) is 16.5 Å². The molecule has 0 N–H and O–H groups in total. The van der Waals surface area contributed by atoms with Crippen molar-refractivity contribution in [3.05, 3.63) is 76.5 Å². The average molecular weight is 391 g/mol. The Morgan fingerprint density at radius 3 is 2.59 bits per heavy atom. The summed E-state index contributed by atoms with van der Waals surface area (Å²) in [5.41, 5.74) is 0.963. The van der Waals surface area contributed by atoms with Gasteiger partial charge in [0.25, 0.3) is 10.7 Å². The van der Waals surface area contributed by atoms with Crippen molar-refractivity contribution in [2.45, 2.75) is 26.2 Å². The predicted molar refractivity (Wildman–Crippen MR) is 98.6 cm³/mol. The van der Waals surface area contributed by atoms with Gasteiger partial charge in [0.1, 0.15) is 5.82 Å². The summed E-state index contributed by atoms with van der Waals surface area (Å²) in [5.74, 6) is -0.345. The topological polar surface area (TPSA) is 43.4 Å². The highest BCUT2D eigenvalue weighted by Crippen LogP contribution is 2.23. The third-order valence-corrected chi connectivity index (χ3v) is 4.15. The first-order chi connectivity index (χ1) is 12.9. The van der Waals surface area contributed by atoms with Gasteiger partial charge in [0.15, 0.2) is 17.7 Å². The molecular formula is C19H19F2N3O2S. The van der Waals surface area contributed by atoms with Crippen molar-refractivity contribution < 1.29 is 17.9 Å². The maximum Gasteiger partial charge on any atom is 0.288 e. The lowest BCUT2D eigenvalue weighted by Gasteiger charge is -2.16. The van der Waals surface area contributed by atoms with E-state index in [9.17, 15) is 8.78 Å². The standard InChI is InChI=1S/C19H19F2N3O2S/c1-13(25-17-6-4-3-5-16(17)21)18-22-24(19(27)26-18)12-23(2)11-14-7-9-15(20)10-8-14/h3-10,13H,11-12H2,1-2H3/t13-/m1/s1. The Hall–Kier alpha value is -2.58. The molecule has 27 heavy (non-hydrogen) atoms. The van der Waals surface area contributed by atoms with Crippen LogP contribution in [0.1, 0.15) is 24.5 Å². The molecule has 1 heterocycles. The van der Waals surface area contributed by atoms with Crippen molar-refractivity contribution in [3.63, 3.8) is 0 Å². The largest absolute Gasteiger partial charge is 0.478 e. The van der Waals surface area contributed by atoms with Gasteiger partial charge in [-0.25, -0.2) is 13.5 Å². The summed E-state index contributed by atoms with van der Waals surface area (Å²) in [6, 6.07) is 12.4. The van der Waals surface area contributed by atoms with E-state index in [2.05, 4.69) is 5.10 Å². The van der Waals surface area contributed by atoms with Gasteiger partial charge in [-0.2, -0.15) is 0 Å². The number of hydrogen-bond donors (Lipinski definition) is 0. The van der Waals surface area contributed by atoms with Crippen LogP contribution in [0.2, 0.25) is 0 Å². The number of para-hydroxylation sites is 1. The van der Waals surface area contributed by atoms with Gasteiger partial charge in [0, 0.05) is 6.54 Å². The first-order valence-electron chi connectivity index (χ1n) is 8.34. The summed E-state index contributed by atoms with van der Waals surface area (Å²) < 4.78 is 39.3. The molecule has 0 saturated carbocycles. The van der Waals surface area contributed by atoms with Crippen LogP contribution < -0.4 is 4.74 Å². The molecule has 0 aliphatic carbocycles. The molecule has 1 aromatic heterocycles. The lowest BCUT2D eigenvalue weighted by Crippen LogP contribution is -2.22. The Balaban J connectivity index is 1.65. The molecule has 0 radical (unpaired) electrons. The molecule has 5 nitrogen and oxygen atoms in total. The Labute approximate surface area is 160 Å². The summed E-state index contributed by atoms with van der Waals surface area (Å²) in [7, 11) is 1.89. The number of halogens is 2. The van der Waals surface area contributed by atoms with E-state index in [-0.39, 0.29) is 22.3 Å².